The molecule has 1 N–H and O–H groups in total. The van der Waals surface area contributed by atoms with Crippen LogP contribution in [0.2, 0.25) is 15.1 Å². The largest absolute Gasteiger partial charge is 0.495 e. The van der Waals surface area contributed by atoms with Crippen molar-refractivity contribution in [3.8, 4) is 5.75 Å². The molecule has 4 aromatic rings. The molecule has 1 aliphatic carbocycles. The number of hydrogen-bond donors (Lipinski definition) is 1. The summed E-state index contributed by atoms with van der Waals surface area (Å²) in [5, 5.41) is 4.01. The van der Waals surface area contributed by atoms with E-state index in [-0.39, 0.29) is 46.3 Å². The van der Waals surface area contributed by atoms with Gasteiger partial charge in [0.15, 0.2) is 0 Å². The maximum Gasteiger partial charge on any atom is 0.264 e. The van der Waals surface area contributed by atoms with E-state index in [9.17, 15) is 18.0 Å². The van der Waals surface area contributed by atoms with Crippen molar-refractivity contribution in [2.24, 2.45) is 0 Å². The number of carbonyl (C=O) groups excluding carboxylic acids is 2. The maximum atomic E-state index is 14.8. The monoisotopic (exact) mass is 741 g/mol. The first kappa shape index (κ1) is 36.5. The Kier molecular flexibility index (Phi) is 12.1. The van der Waals surface area contributed by atoms with Gasteiger partial charge in [-0.3, -0.25) is 13.9 Å². The highest BCUT2D eigenvalue weighted by atomic mass is 35.5. The quantitative estimate of drug-likeness (QED) is 0.151. The van der Waals surface area contributed by atoms with Gasteiger partial charge in [0.2, 0.25) is 11.8 Å². The number of anilines is 1. The molecule has 49 heavy (non-hydrogen) atoms. The molecule has 258 valence electrons. The molecule has 1 fully saturated rings. The summed E-state index contributed by atoms with van der Waals surface area (Å²) in [6.07, 6.45) is 3.84. The molecule has 1 atom stereocenters. The van der Waals surface area contributed by atoms with Crippen molar-refractivity contribution in [1.29, 1.82) is 0 Å². The summed E-state index contributed by atoms with van der Waals surface area (Å²) in [6.45, 7) is 1.01. The van der Waals surface area contributed by atoms with Gasteiger partial charge in [-0.2, -0.15) is 0 Å². The van der Waals surface area contributed by atoms with Gasteiger partial charge in [-0.05, 0) is 67.8 Å². The number of amides is 2. The fourth-order valence-electron chi connectivity index (χ4n) is 5.98. The number of nitrogens with one attached hydrogen (secondary N) is 1. The average molecular weight is 743 g/mol. The molecule has 4 aromatic carbocycles. The number of sulfonamides is 1. The van der Waals surface area contributed by atoms with Crippen molar-refractivity contribution in [3.05, 3.63) is 123 Å². The molecule has 0 saturated heterocycles. The number of nitrogens with zero attached hydrogens (tertiary/aromatic N) is 2. The Morgan fingerprint density at radius 3 is 2.18 bits per heavy atom. The molecule has 12 heteroatoms. The van der Waals surface area contributed by atoms with Gasteiger partial charge < -0.3 is 15.0 Å². The fraction of sp³-hybridized carbons (Fsp3) is 0.297. The molecule has 2 amide bonds. The standard InChI is InChI=1S/C37H38Cl3N3O5S/c1-25-15-18-29(19-16-25)49(46,47)43(33-22-27(38)17-20-35(33)48-2)24-36(44)42(23-30-31(39)13-8-14-32(30)40)34(21-26-9-4-3-5-10-26)37(45)41-28-11-6-7-12-28/h3-5,8-10,13-20,22,28,34H,6-7,11-12,21,23-24H2,1-2H3,(H,41,45). The van der Waals surface area contributed by atoms with E-state index in [1.165, 1.54) is 36.3 Å². The average Bonchev–Trinajstić information content (AvgIpc) is 3.60. The Morgan fingerprint density at radius 1 is 0.898 bits per heavy atom. The Balaban J connectivity index is 1.63. The van der Waals surface area contributed by atoms with E-state index in [0.717, 1.165) is 41.1 Å². The third kappa shape index (κ3) is 8.89. The topological polar surface area (TPSA) is 96.0 Å². The first-order chi connectivity index (χ1) is 23.5. The number of halogens is 3. The maximum absolute atomic E-state index is 14.8. The molecular weight excluding hydrogens is 705 g/mol. The van der Waals surface area contributed by atoms with Gasteiger partial charge in [0.25, 0.3) is 10.0 Å². The number of benzene rings is 4. The van der Waals surface area contributed by atoms with E-state index in [1.807, 2.05) is 37.3 Å². The molecule has 8 nitrogen and oxygen atoms in total. The zero-order valence-electron chi connectivity index (χ0n) is 27.2. The van der Waals surface area contributed by atoms with Gasteiger partial charge in [0, 0.05) is 39.6 Å². The molecule has 1 saturated carbocycles. The highest BCUT2D eigenvalue weighted by Crippen LogP contribution is 2.36. The molecule has 5 rings (SSSR count). The predicted octanol–water partition coefficient (Wildman–Crippen LogP) is 7.86. The minimum absolute atomic E-state index is 0.0271. The lowest BCUT2D eigenvalue weighted by Gasteiger charge is -2.35. The number of ether oxygens (including phenoxy) is 1. The fourth-order valence-corrected chi connectivity index (χ4v) is 8.08. The summed E-state index contributed by atoms with van der Waals surface area (Å²) in [7, 11) is -2.96. The van der Waals surface area contributed by atoms with Crippen LogP contribution in [-0.4, -0.2) is 50.9 Å². The van der Waals surface area contributed by atoms with E-state index in [4.69, 9.17) is 39.5 Å². The molecule has 0 bridgehead atoms. The molecule has 0 heterocycles. The van der Waals surface area contributed by atoms with Crippen LogP contribution >= 0.6 is 34.8 Å². The highest BCUT2D eigenvalue weighted by Gasteiger charge is 2.37. The highest BCUT2D eigenvalue weighted by molar-refractivity contribution is 7.92. The van der Waals surface area contributed by atoms with Crippen molar-refractivity contribution < 1.29 is 22.7 Å². The van der Waals surface area contributed by atoms with Gasteiger partial charge in [0.1, 0.15) is 18.3 Å². The predicted molar refractivity (Wildman–Crippen MR) is 195 cm³/mol. The second-order valence-electron chi connectivity index (χ2n) is 12.1. The van der Waals surface area contributed by atoms with Gasteiger partial charge in [0.05, 0.1) is 17.7 Å². The van der Waals surface area contributed by atoms with Crippen LogP contribution in [0.15, 0.2) is 95.9 Å². The number of hydrogen-bond acceptors (Lipinski definition) is 5. The lowest BCUT2D eigenvalue weighted by molar-refractivity contribution is -0.140. The summed E-state index contributed by atoms with van der Waals surface area (Å²) in [5.41, 5.74) is 2.17. The first-order valence-corrected chi connectivity index (χ1v) is 18.5. The zero-order valence-corrected chi connectivity index (χ0v) is 30.3. The van der Waals surface area contributed by atoms with Gasteiger partial charge in [-0.1, -0.05) is 102 Å². The van der Waals surface area contributed by atoms with E-state index in [1.54, 1.807) is 36.4 Å². The molecule has 0 aromatic heterocycles. The number of methoxy groups -OCH3 is 1. The van der Waals surface area contributed by atoms with E-state index >= 15 is 0 Å². The third-order valence-electron chi connectivity index (χ3n) is 8.66. The Hall–Kier alpha value is -3.76. The molecule has 0 radical (unpaired) electrons. The van der Waals surface area contributed by atoms with Crippen molar-refractivity contribution in [2.45, 2.75) is 62.6 Å². The zero-order chi connectivity index (χ0) is 35.1. The van der Waals surface area contributed by atoms with Gasteiger partial charge in [-0.25, -0.2) is 8.42 Å². The third-order valence-corrected chi connectivity index (χ3v) is 11.4. The Labute approximate surface area is 303 Å². The van der Waals surface area contributed by atoms with Gasteiger partial charge in [-0.15, -0.1) is 0 Å². The lowest BCUT2D eigenvalue weighted by Crippen LogP contribution is -2.54. The van der Waals surface area contributed by atoms with E-state index in [2.05, 4.69) is 5.32 Å². The van der Waals surface area contributed by atoms with Crippen LogP contribution in [0.3, 0.4) is 0 Å². The van der Waals surface area contributed by atoms with Crippen LogP contribution in [0.5, 0.6) is 5.75 Å². The lowest BCUT2D eigenvalue weighted by atomic mass is 10.0. The summed E-state index contributed by atoms with van der Waals surface area (Å²) in [4.78, 5) is 30.4. The molecule has 0 aliphatic heterocycles. The van der Waals surface area contributed by atoms with Crippen LogP contribution in [0.25, 0.3) is 0 Å². The van der Waals surface area contributed by atoms with Crippen molar-refractivity contribution in [3.63, 3.8) is 0 Å². The molecule has 1 unspecified atom stereocenters. The van der Waals surface area contributed by atoms with Crippen LogP contribution in [0, 0.1) is 6.92 Å². The number of rotatable bonds is 13. The number of carbonyl (C=O) groups is 2. The van der Waals surface area contributed by atoms with E-state index < -0.39 is 28.5 Å². The van der Waals surface area contributed by atoms with Crippen LogP contribution in [-0.2, 0) is 32.6 Å². The van der Waals surface area contributed by atoms with Crippen LogP contribution in [0.1, 0.15) is 42.4 Å². The van der Waals surface area contributed by atoms with Crippen LogP contribution < -0.4 is 14.4 Å². The van der Waals surface area contributed by atoms with Crippen molar-refractivity contribution >= 4 is 62.3 Å². The first-order valence-electron chi connectivity index (χ1n) is 16.0. The minimum Gasteiger partial charge on any atom is -0.495 e. The second kappa shape index (κ2) is 16.3. The molecule has 0 spiro atoms. The molecule has 1 aliphatic rings. The Morgan fingerprint density at radius 2 is 1.55 bits per heavy atom. The summed E-state index contributed by atoms with van der Waals surface area (Å²) >= 11 is 19.6. The SMILES string of the molecule is COc1ccc(Cl)cc1N(CC(=O)N(Cc1c(Cl)cccc1Cl)C(Cc1ccccc1)C(=O)NC1CCCC1)S(=O)(=O)c1ccc(C)cc1. The normalized spacial score (nSPS) is 13.9. The second-order valence-corrected chi connectivity index (χ2v) is 15.2. The van der Waals surface area contributed by atoms with Crippen LogP contribution in [0.4, 0.5) is 5.69 Å². The summed E-state index contributed by atoms with van der Waals surface area (Å²) in [6, 6.07) is 24.1. The summed E-state index contributed by atoms with van der Waals surface area (Å²) < 4.78 is 35.3. The van der Waals surface area contributed by atoms with E-state index in [0.29, 0.717) is 15.6 Å². The van der Waals surface area contributed by atoms with Crippen molar-refractivity contribution in [1.82, 2.24) is 10.2 Å². The van der Waals surface area contributed by atoms with Crippen molar-refractivity contribution in [2.75, 3.05) is 18.0 Å². The number of aryl methyl sites for hydroxylation is 1. The minimum atomic E-state index is -4.37. The smallest absolute Gasteiger partial charge is 0.264 e. The van der Waals surface area contributed by atoms with Gasteiger partial charge >= 0.3 is 0 Å². The summed E-state index contributed by atoms with van der Waals surface area (Å²) in [5.74, 6) is -0.815. The Bertz CT molecular complexity index is 1870. The molecular formula is C37H38Cl3N3O5S.